The monoisotopic (exact) mass is 323 g/mol. The summed E-state index contributed by atoms with van der Waals surface area (Å²) in [6.45, 7) is 6.91. The van der Waals surface area contributed by atoms with Crippen LogP contribution in [0.2, 0.25) is 0 Å². The lowest BCUT2D eigenvalue weighted by atomic mass is 9.72. The van der Waals surface area contributed by atoms with Crippen LogP contribution in [0.15, 0.2) is 28.7 Å². The van der Waals surface area contributed by atoms with Crippen molar-refractivity contribution in [1.82, 2.24) is 5.32 Å². The highest BCUT2D eigenvalue weighted by Crippen LogP contribution is 2.35. The Balaban J connectivity index is 2.00. The predicted octanol–water partition coefficient (Wildman–Crippen LogP) is 4.65. The van der Waals surface area contributed by atoms with Crippen molar-refractivity contribution in [2.45, 2.75) is 39.5 Å². The van der Waals surface area contributed by atoms with E-state index in [0.29, 0.717) is 0 Å². The maximum absolute atomic E-state index is 3.58. The van der Waals surface area contributed by atoms with Crippen molar-refractivity contribution in [3.63, 3.8) is 0 Å². The summed E-state index contributed by atoms with van der Waals surface area (Å²) in [4.78, 5) is 0. The molecule has 0 saturated heterocycles. The Bertz CT molecular complexity index is 389. The minimum Gasteiger partial charge on any atom is -0.317 e. The van der Waals surface area contributed by atoms with E-state index >= 15 is 0 Å². The SMILES string of the molecule is CCNCC1CCC(C)CC1Cc1cccc(Br)c1. The number of nitrogens with one attached hydrogen (secondary N) is 1. The van der Waals surface area contributed by atoms with E-state index < -0.39 is 0 Å². The van der Waals surface area contributed by atoms with Crippen LogP contribution in [0.5, 0.6) is 0 Å². The fraction of sp³-hybridized carbons (Fsp3) is 0.647. The number of hydrogen-bond donors (Lipinski definition) is 1. The van der Waals surface area contributed by atoms with E-state index in [0.717, 1.165) is 24.3 Å². The summed E-state index contributed by atoms with van der Waals surface area (Å²) in [6, 6.07) is 8.83. The fourth-order valence-corrected chi connectivity index (χ4v) is 3.82. The van der Waals surface area contributed by atoms with Gasteiger partial charge in [-0.3, -0.25) is 0 Å². The van der Waals surface area contributed by atoms with Crippen LogP contribution < -0.4 is 5.32 Å². The maximum Gasteiger partial charge on any atom is 0.0177 e. The molecule has 3 unspecified atom stereocenters. The Morgan fingerprint density at radius 1 is 1.26 bits per heavy atom. The number of rotatable bonds is 5. The predicted molar refractivity (Wildman–Crippen MR) is 86.4 cm³/mol. The first-order chi connectivity index (χ1) is 9.19. The molecule has 0 amide bonds. The lowest BCUT2D eigenvalue weighted by Crippen LogP contribution is -2.33. The number of halogens is 1. The topological polar surface area (TPSA) is 12.0 Å². The van der Waals surface area contributed by atoms with E-state index in [9.17, 15) is 0 Å². The first-order valence-corrected chi connectivity index (χ1v) is 8.43. The molecule has 1 N–H and O–H groups in total. The molecule has 1 nitrogen and oxygen atoms in total. The number of hydrogen-bond acceptors (Lipinski definition) is 1. The normalized spacial score (nSPS) is 27.4. The van der Waals surface area contributed by atoms with Crippen LogP contribution in [0.25, 0.3) is 0 Å². The van der Waals surface area contributed by atoms with Gasteiger partial charge in [0, 0.05) is 4.47 Å². The van der Waals surface area contributed by atoms with E-state index in [-0.39, 0.29) is 0 Å². The first-order valence-electron chi connectivity index (χ1n) is 7.64. The Morgan fingerprint density at radius 2 is 2.11 bits per heavy atom. The average molecular weight is 324 g/mol. The van der Waals surface area contributed by atoms with E-state index in [1.54, 1.807) is 0 Å². The highest BCUT2D eigenvalue weighted by molar-refractivity contribution is 9.10. The molecule has 19 heavy (non-hydrogen) atoms. The van der Waals surface area contributed by atoms with Crippen LogP contribution in [0.1, 0.15) is 38.7 Å². The van der Waals surface area contributed by atoms with Gasteiger partial charge in [-0.1, -0.05) is 48.3 Å². The van der Waals surface area contributed by atoms with Gasteiger partial charge in [0.25, 0.3) is 0 Å². The summed E-state index contributed by atoms with van der Waals surface area (Å²) in [7, 11) is 0. The molecule has 1 aromatic rings. The number of benzene rings is 1. The van der Waals surface area contributed by atoms with Crippen molar-refractivity contribution in [3.8, 4) is 0 Å². The highest BCUT2D eigenvalue weighted by Gasteiger charge is 2.28. The molecule has 1 saturated carbocycles. The Kier molecular flexibility index (Phi) is 5.90. The fourth-order valence-electron chi connectivity index (χ4n) is 3.38. The molecule has 3 atom stereocenters. The van der Waals surface area contributed by atoms with Crippen molar-refractivity contribution >= 4 is 15.9 Å². The molecule has 0 radical (unpaired) electrons. The van der Waals surface area contributed by atoms with Gasteiger partial charge in [0.15, 0.2) is 0 Å². The van der Waals surface area contributed by atoms with Crippen molar-refractivity contribution in [2.75, 3.05) is 13.1 Å². The van der Waals surface area contributed by atoms with Gasteiger partial charge in [0.2, 0.25) is 0 Å². The Hall–Kier alpha value is -0.340. The Labute approximate surface area is 126 Å². The van der Waals surface area contributed by atoms with Gasteiger partial charge < -0.3 is 5.32 Å². The van der Waals surface area contributed by atoms with Gasteiger partial charge >= 0.3 is 0 Å². The summed E-state index contributed by atoms with van der Waals surface area (Å²) in [5.41, 5.74) is 1.48. The van der Waals surface area contributed by atoms with Crippen LogP contribution in [0.3, 0.4) is 0 Å². The van der Waals surface area contributed by atoms with E-state index in [1.165, 1.54) is 42.3 Å². The van der Waals surface area contributed by atoms with E-state index in [1.807, 2.05) is 0 Å². The van der Waals surface area contributed by atoms with Gasteiger partial charge in [-0.15, -0.1) is 0 Å². The minimum absolute atomic E-state index is 0.845. The molecule has 1 fully saturated rings. The molecule has 0 aromatic heterocycles. The third kappa shape index (κ3) is 4.61. The molecule has 106 valence electrons. The molecule has 2 rings (SSSR count). The second-order valence-electron chi connectivity index (χ2n) is 6.08. The molecule has 0 bridgehead atoms. The molecular weight excluding hydrogens is 298 g/mol. The maximum atomic E-state index is 3.58. The lowest BCUT2D eigenvalue weighted by molar-refractivity contribution is 0.184. The third-order valence-electron chi connectivity index (χ3n) is 4.45. The second kappa shape index (κ2) is 7.44. The quantitative estimate of drug-likeness (QED) is 0.831. The van der Waals surface area contributed by atoms with Gasteiger partial charge in [-0.05, 0) is 67.8 Å². The zero-order chi connectivity index (χ0) is 13.7. The molecule has 2 heteroatoms. The molecule has 1 aromatic carbocycles. The largest absolute Gasteiger partial charge is 0.317 e. The van der Waals surface area contributed by atoms with Crippen LogP contribution in [-0.2, 0) is 6.42 Å². The van der Waals surface area contributed by atoms with Crippen LogP contribution in [0, 0.1) is 17.8 Å². The van der Waals surface area contributed by atoms with Crippen molar-refractivity contribution in [3.05, 3.63) is 34.3 Å². The van der Waals surface area contributed by atoms with Crippen LogP contribution in [-0.4, -0.2) is 13.1 Å². The Morgan fingerprint density at radius 3 is 2.84 bits per heavy atom. The second-order valence-corrected chi connectivity index (χ2v) is 7.00. The molecule has 0 aliphatic heterocycles. The van der Waals surface area contributed by atoms with Gasteiger partial charge in [-0.2, -0.15) is 0 Å². The van der Waals surface area contributed by atoms with Crippen molar-refractivity contribution in [2.24, 2.45) is 17.8 Å². The smallest absolute Gasteiger partial charge is 0.0177 e. The van der Waals surface area contributed by atoms with E-state index in [4.69, 9.17) is 0 Å². The summed E-state index contributed by atoms with van der Waals surface area (Å²) < 4.78 is 1.21. The van der Waals surface area contributed by atoms with Gasteiger partial charge in [0.1, 0.15) is 0 Å². The first kappa shape index (κ1) is 15.1. The van der Waals surface area contributed by atoms with Crippen LogP contribution in [0.4, 0.5) is 0 Å². The van der Waals surface area contributed by atoms with Crippen molar-refractivity contribution < 1.29 is 0 Å². The van der Waals surface area contributed by atoms with E-state index in [2.05, 4.69) is 59.4 Å². The van der Waals surface area contributed by atoms with Gasteiger partial charge in [0.05, 0.1) is 0 Å². The lowest BCUT2D eigenvalue weighted by Gasteiger charge is -2.35. The summed E-state index contributed by atoms with van der Waals surface area (Å²) in [5, 5.41) is 3.55. The van der Waals surface area contributed by atoms with Crippen molar-refractivity contribution in [1.29, 1.82) is 0 Å². The van der Waals surface area contributed by atoms with Gasteiger partial charge in [-0.25, -0.2) is 0 Å². The summed E-state index contributed by atoms with van der Waals surface area (Å²) in [5.74, 6) is 2.60. The molecular formula is C17H26BrN. The molecule has 0 spiro atoms. The zero-order valence-electron chi connectivity index (χ0n) is 12.2. The highest BCUT2D eigenvalue weighted by atomic mass is 79.9. The average Bonchev–Trinajstić information content (AvgIpc) is 2.38. The molecule has 1 aliphatic carbocycles. The minimum atomic E-state index is 0.845. The van der Waals surface area contributed by atoms with Crippen LogP contribution >= 0.6 is 15.9 Å². The zero-order valence-corrected chi connectivity index (χ0v) is 13.7. The summed E-state index contributed by atoms with van der Waals surface area (Å²) in [6.07, 6.45) is 5.43. The molecule has 1 aliphatic rings. The molecule has 0 heterocycles. The third-order valence-corrected chi connectivity index (χ3v) is 4.94. The summed E-state index contributed by atoms with van der Waals surface area (Å²) >= 11 is 3.58. The standard InChI is InChI=1S/C17H26BrN/c1-3-19-12-15-8-7-13(2)9-16(15)10-14-5-4-6-17(18)11-14/h4-6,11,13,15-16,19H,3,7-10,12H2,1-2H3.